The third kappa shape index (κ3) is 2.83. The molecule has 0 atom stereocenters. The maximum absolute atomic E-state index is 12.7. The highest BCUT2D eigenvalue weighted by molar-refractivity contribution is 5.39. The summed E-state index contributed by atoms with van der Waals surface area (Å²) in [5.74, 6) is 5.60. The minimum atomic E-state index is -0.347. The van der Waals surface area contributed by atoms with Crippen molar-refractivity contribution in [1.82, 2.24) is 14.4 Å². The van der Waals surface area contributed by atoms with Gasteiger partial charge in [-0.25, -0.2) is 14.4 Å². The van der Waals surface area contributed by atoms with E-state index in [2.05, 4.69) is 21.8 Å². The standard InChI is InChI=1S/C16H12FN3/c17-13-8-9-14(18-11-13)5-1-2-6-15-12-20-10-4-3-7-16(20)19-15/h3-4,7-12H,2,6H2. The summed E-state index contributed by atoms with van der Waals surface area (Å²) < 4.78 is 14.7. The van der Waals surface area contributed by atoms with E-state index in [0.29, 0.717) is 12.1 Å². The van der Waals surface area contributed by atoms with Gasteiger partial charge in [-0.2, -0.15) is 0 Å². The van der Waals surface area contributed by atoms with Crippen LogP contribution in [0.4, 0.5) is 4.39 Å². The number of hydrogen-bond acceptors (Lipinski definition) is 2. The summed E-state index contributed by atoms with van der Waals surface area (Å²) in [6.45, 7) is 0. The van der Waals surface area contributed by atoms with Gasteiger partial charge in [-0.05, 0) is 30.2 Å². The first-order chi connectivity index (χ1) is 9.81. The average molecular weight is 265 g/mol. The van der Waals surface area contributed by atoms with Crippen LogP contribution in [0, 0.1) is 17.7 Å². The Morgan fingerprint density at radius 2 is 2.15 bits per heavy atom. The van der Waals surface area contributed by atoms with E-state index in [-0.39, 0.29) is 5.82 Å². The van der Waals surface area contributed by atoms with Crippen LogP contribution in [-0.2, 0) is 6.42 Å². The summed E-state index contributed by atoms with van der Waals surface area (Å²) in [4.78, 5) is 8.39. The predicted octanol–water partition coefficient (Wildman–Crippen LogP) is 2.85. The molecule has 0 aromatic carbocycles. The van der Waals surface area contributed by atoms with E-state index in [4.69, 9.17) is 0 Å². The van der Waals surface area contributed by atoms with Gasteiger partial charge in [0.25, 0.3) is 0 Å². The zero-order valence-corrected chi connectivity index (χ0v) is 10.8. The molecule has 3 nitrogen and oxygen atoms in total. The maximum Gasteiger partial charge on any atom is 0.141 e. The van der Waals surface area contributed by atoms with Crippen molar-refractivity contribution in [3.8, 4) is 11.8 Å². The Kier molecular flexibility index (Phi) is 3.42. The van der Waals surface area contributed by atoms with Crippen LogP contribution in [0.25, 0.3) is 5.65 Å². The van der Waals surface area contributed by atoms with Crippen molar-refractivity contribution >= 4 is 5.65 Å². The fourth-order valence-electron chi connectivity index (χ4n) is 1.90. The SMILES string of the molecule is Fc1ccc(C#CCCc2cn3ccccc3n2)nc1. The molecule has 0 aliphatic heterocycles. The topological polar surface area (TPSA) is 30.2 Å². The lowest BCUT2D eigenvalue weighted by molar-refractivity contribution is 0.621. The zero-order valence-electron chi connectivity index (χ0n) is 10.8. The molecule has 0 radical (unpaired) electrons. The van der Waals surface area contributed by atoms with E-state index < -0.39 is 0 Å². The van der Waals surface area contributed by atoms with Crippen LogP contribution in [0.2, 0.25) is 0 Å². The minimum Gasteiger partial charge on any atom is -0.307 e. The van der Waals surface area contributed by atoms with Crippen LogP contribution in [0.5, 0.6) is 0 Å². The molecule has 0 saturated carbocycles. The Morgan fingerprint density at radius 3 is 2.95 bits per heavy atom. The van der Waals surface area contributed by atoms with Gasteiger partial charge in [-0.15, -0.1) is 0 Å². The number of rotatable bonds is 2. The smallest absolute Gasteiger partial charge is 0.141 e. The average Bonchev–Trinajstić information content (AvgIpc) is 2.88. The van der Waals surface area contributed by atoms with Crippen molar-refractivity contribution in [2.45, 2.75) is 12.8 Å². The molecule has 3 aromatic heterocycles. The first kappa shape index (κ1) is 12.4. The molecule has 0 unspecified atom stereocenters. The highest BCUT2D eigenvalue weighted by atomic mass is 19.1. The van der Waals surface area contributed by atoms with Crippen molar-refractivity contribution in [2.75, 3.05) is 0 Å². The summed E-state index contributed by atoms with van der Waals surface area (Å²) in [7, 11) is 0. The Balaban J connectivity index is 1.64. The van der Waals surface area contributed by atoms with Crippen LogP contribution in [-0.4, -0.2) is 14.4 Å². The number of aromatic nitrogens is 3. The van der Waals surface area contributed by atoms with Crippen molar-refractivity contribution in [1.29, 1.82) is 0 Å². The molecular weight excluding hydrogens is 253 g/mol. The first-order valence-corrected chi connectivity index (χ1v) is 6.34. The third-order valence-corrected chi connectivity index (χ3v) is 2.86. The molecule has 0 N–H and O–H groups in total. The molecule has 0 bridgehead atoms. The molecule has 3 aromatic rings. The second kappa shape index (κ2) is 5.54. The Bertz CT molecular complexity index is 746. The molecular formula is C16H12FN3. The van der Waals surface area contributed by atoms with E-state index in [1.54, 1.807) is 6.07 Å². The van der Waals surface area contributed by atoms with Crippen LogP contribution in [0.1, 0.15) is 17.8 Å². The molecule has 4 heteroatoms. The van der Waals surface area contributed by atoms with Gasteiger partial charge in [0.15, 0.2) is 0 Å². The Labute approximate surface area is 116 Å². The highest BCUT2D eigenvalue weighted by Crippen LogP contribution is 2.06. The monoisotopic (exact) mass is 265 g/mol. The number of pyridine rings is 2. The number of aryl methyl sites for hydroxylation is 1. The lowest BCUT2D eigenvalue weighted by Crippen LogP contribution is -1.85. The molecule has 0 saturated heterocycles. The second-order valence-corrected chi connectivity index (χ2v) is 4.36. The van der Waals surface area contributed by atoms with Gasteiger partial charge in [0.05, 0.1) is 11.9 Å². The fourth-order valence-corrected chi connectivity index (χ4v) is 1.90. The molecule has 0 amide bonds. The molecule has 20 heavy (non-hydrogen) atoms. The van der Waals surface area contributed by atoms with Crippen LogP contribution < -0.4 is 0 Å². The molecule has 3 heterocycles. The van der Waals surface area contributed by atoms with Crippen LogP contribution in [0.3, 0.4) is 0 Å². The van der Waals surface area contributed by atoms with Crippen LogP contribution in [0.15, 0.2) is 48.9 Å². The number of imidazole rings is 1. The summed E-state index contributed by atoms with van der Waals surface area (Å²) in [6.07, 6.45) is 6.64. The van der Waals surface area contributed by atoms with Gasteiger partial charge in [-0.3, -0.25) is 0 Å². The molecule has 0 fully saturated rings. The van der Waals surface area contributed by atoms with Gasteiger partial charge in [0.1, 0.15) is 17.2 Å². The number of fused-ring (bicyclic) bond motifs is 1. The highest BCUT2D eigenvalue weighted by Gasteiger charge is 1.99. The van der Waals surface area contributed by atoms with Crippen molar-refractivity contribution < 1.29 is 4.39 Å². The molecule has 98 valence electrons. The number of hydrogen-bond donors (Lipinski definition) is 0. The predicted molar refractivity (Wildman–Crippen MR) is 74.6 cm³/mol. The van der Waals surface area contributed by atoms with Gasteiger partial charge >= 0.3 is 0 Å². The van der Waals surface area contributed by atoms with E-state index in [1.807, 2.05) is 35.0 Å². The van der Waals surface area contributed by atoms with Gasteiger partial charge < -0.3 is 4.40 Å². The summed E-state index contributed by atoms with van der Waals surface area (Å²) in [6, 6.07) is 8.84. The van der Waals surface area contributed by atoms with Crippen molar-refractivity contribution in [3.63, 3.8) is 0 Å². The molecule has 0 aliphatic carbocycles. The van der Waals surface area contributed by atoms with Gasteiger partial charge in [0.2, 0.25) is 0 Å². The first-order valence-electron chi connectivity index (χ1n) is 6.34. The van der Waals surface area contributed by atoms with E-state index >= 15 is 0 Å². The van der Waals surface area contributed by atoms with Crippen molar-refractivity contribution in [3.05, 3.63) is 66.1 Å². The summed E-state index contributed by atoms with van der Waals surface area (Å²) in [5.41, 5.74) is 2.54. The number of halogens is 1. The third-order valence-electron chi connectivity index (χ3n) is 2.86. The van der Waals surface area contributed by atoms with Gasteiger partial charge in [0, 0.05) is 25.2 Å². The van der Waals surface area contributed by atoms with E-state index in [0.717, 1.165) is 17.8 Å². The summed E-state index contributed by atoms with van der Waals surface area (Å²) >= 11 is 0. The van der Waals surface area contributed by atoms with E-state index in [1.165, 1.54) is 12.3 Å². The maximum atomic E-state index is 12.7. The quantitative estimate of drug-likeness (QED) is 0.667. The normalized spacial score (nSPS) is 10.2. The molecule has 3 rings (SSSR count). The Morgan fingerprint density at radius 1 is 1.20 bits per heavy atom. The molecule has 0 aliphatic rings. The van der Waals surface area contributed by atoms with E-state index in [9.17, 15) is 4.39 Å². The lowest BCUT2D eigenvalue weighted by atomic mass is 10.2. The lowest BCUT2D eigenvalue weighted by Gasteiger charge is -1.89. The second-order valence-electron chi connectivity index (χ2n) is 4.36. The molecule has 0 spiro atoms. The largest absolute Gasteiger partial charge is 0.307 e. The van der Waals surface area contributed by atoms with Crippen molar-refractivity contribution in [2.24, 2.45) is 0 Å². The Hall–Kier alpha value is -2.67. The fraction of sp³-hybridized carbons (Fsp3) is 0.125. The minimum absolute atomic E-state index is 0.347. The number of nitrogens with zero attached hydrogens (tertiary/aromatic N) is 3. The summed E-state index contributed by atoms with van der Waals surface area (Å²) in [5, 5.41) is 0. The zero-order chi connectivity index (χ0) is 13.8. The van der Waals surface area contributed by atoms with Gasteiger partial charge in [-0.1, -0.05) is 12.0 Å². The van der Waals surface area contributed by atoms with Crippen LogP contribution >= 0.6 is 0 Å².